The molecule has 0 unspecified atom stereocenters. The first-order valence-corrected chi connectivity index (χ1v) is 8.57. The summed E-state index contributed by atoms with van der Waals surface area (Å²) in [7, 11) is 1.69. The molecule has 0 saturated heterocycles. The number of ether oxygens (including phenoxy) is 3. The van der Waals surface area contributed by atoms with Gasteiger partial charge in [0, 0.05) is 25.7 Å². The first-order valence-electron chi connectivity index (χ1n) is 8.57. The molecular formula is C20H28O3. The van der Waals surface area contributed by atoms with Crippen molar-refractivity contribution in [3.8, 4) is 5.75 Å². The fourth-order valence-corrected chi connectivity index (χ4v) is 2.68. The second-order valence-electron chi connectivity index (χ2n) is 5.68. The molecule has 0 aromatic heterocycles. The molecule has 0 bridgehead atoms. The van der Waals surface area contributed by atoms with Crippen LogP contribution in [0.4, 0.5) is 0 Å². The van der Waals surface area contributed by atoms with E-state index >= 15 is 0 Å². The molecule has 0 heterocycles. The predicted octanol–water partition coefficient (Wildman–Crippen LogP) is 4.61. The Morgan fingerprint density at radius 3 is 2.43 bits per heavy atom. The maximum atomic E-state index is 5.84. The molecule has 0 N–H and O–H groups in total. The summed E-state index contributed by atoms with van der Waals surface area (Å²) in [4.78, 5) is 0. The van der Waals surface area contributed by atoms with Crippen molar-refractivity contribution < 1.29 is 14.2 Å². The first kappa shape index (κ1) is 17.8. The van der Waals surface area contributed by atoms with Gasteiger partial charge < -0.3 is 14.2 Å². The Labute approximate surface area is 139 Å². The molecule has 0 spiro atoms. The van der Waals surface area contributed by atoms with Gasteiger partial charge in [-0.3, -0.25) is 0 Å². The standard InChI is InChI=1S/C20H28O3/c1-3-13-22-14-7-6-8-17-11-12-20(23-16-15-21-2)19-10-5-4-9-18(17)19/h4-5,9-12H,3,6-8,13-16H2,1-2H3. The Kier molecular flexibility index (Phi) is 7.91. The highest BCUT2D eigenvalue weighted by atomic mass is 16.5. The number of methoxy groups -OCH3 is 1. The summed E-state index contributed by atoms with van der Waals surface area (Å²) in [5.41, 5.74) is 1.38. The summed E-state index contributed by atoms with van der Waals surface area (Å²) in [5.74, 6) is 0.938. The summed E-state index contributed by atoms with van der Waals surface area (Å²) in [5, 5.41) is 2.47. The third kappa shape index (κ3) is 5.52. The van der Waals surface area contributed by atoms with E-state index in [1.807, 2.05) is 0 Å². The lowest BCUT2D eigenvalue weighted by molar-refractivity contribution is 0.131. The molecule has 0 aliphatic rings. The van der Waals surface area contributed by atoms with Gasteiger partial charge in [0.1, 0.15) is 12.4 Å². The van der Waals surface area contributed by atoms with Gasteiger partial charge in [-0.15, -0.1) is 0 Å². The fourth-order valence-electron chi connectivity index (χ4n) is 2.68. The average Bonchev–Trinajstić information content (AvgIpc) is 2.59. The first-order chi connectivity index (χ1) is 11.4. The van der Waals surface area contributed by atoms with E-state index in [0.29, 0.717) is 13.2 Å². The highest BCUT2D eigenvalue weighted by Gasteiger charge is 2.06. The molecular weight excluding hydrogens is 288 g/mol. The second-order valence-corrected chi connectivity index (χ2v) is 5.68. The number of unbranched alkanes of at least 4 members (excludes halogenated alkanes) is 1. The van der Waals surface area contributed by atoms with Crippen molar-refractivity contribution >= 4 is 10.8 Å². The number of aryl methyl sites for hydroxylation is 1. The van der Waals surface area contributed by atoms with Gasteiger partial charge in [0.15, 0.2) is 0 Å². The topological polar surface area (TPSA) is 27.7 Å². The number of hydrogen-bond donors (Lipinski definition) is 0. The normalized spacial score (nSPS) is 11.0. The zero-order chi connectivity index (χ0) is 16.3. The minimum atomic E-state index is 0.578. The Hall–Kier alpha value is -1.58. The fraction of sp³-hybridized carbons (Fsp3) is 0.500. The van der Waals surface area contributed by atoms with Crippen LogP contribution in [0, 0.1) is 0 Å². The van der Waals surface area contributed by atoms with Crippen molar-refractivity contribution in [3.63, 3.8) is 0 Å². The molecule has 2 aromatic carbocycles. The smallest absolute Gasteiger partial charge is 0.127 e. The molecule has 0 atom stereocenters. The van der Waals surface area contributed by atoms with Gasteiger partial charge in [0.25, 0.3) is 0 Å². The average molecular weight is 316 g/mol. The molecule has 3 heteroatoms. The highest BCUT2D eigenvalue weighted by molar-refractivity contribution is 5.91. The maximum absolute atomic E-state index is 5.84. The van der Waals surface area contributed by atoms with Gasteiger partial charge in [-0.05, 0) is 42.7 Å². The Morgan fingerprint density at radius 1 is 0.826 bits per heavy atom. The van der Waals surface area contributed by atoms with Gasteiger partial charge in [-0.2, -0.15) is 0 Å². The maximum Gasteiger partial charge on any atom is 0.127 e. The summed E-state index contributed by atoms with van der Waals surface area (Å²) in [6, 6.07) is 12.7. The van der Waals surface area contributed by atoms with Crippen LogP contribution in [0.5, 0.6) is 5.75 Å². The molecule has 0 amide bonds. The lowest BCUT2D eigenvalue weighted by Crippen LogP contribution is -2.05. The monoisotopic (exact) mass is 316 g/mol. The minimum absolute atomic E-state index is 0.578. The van der Waals surface area contributed by atoms with Gasteiger partial charge in [0.05, 0.1) is 6.61 Å². The van der Waals surface area contributed by atoms with Crippen molar-refractivity contribution in [2.24, 2.45) is 0 Å². The molecule has 126 valence electrons. The van der Waals surface area contributed by atoms with Gasteiger partial charge in [-0.1, -0.05) is 37.3 Å². The van der Waals surface area contributed by atoms with Gasteiger partial charge in [-0.25, -0.2) is 0 Å². The van der Waals surface area contributed by atoms with E-state index in [1.54, 1.807) is 7.11 Å². The van der Waals surface area contributed by atoms with E-state index in [0.717, 1.165) is 44.6 Å². The molecule has 2 rings (SSSR count). The van der Waals surface area contributed by atoms with E-state index in [2.05, 4.69) is 43.3 Å². The second kappa shape index (κ2) is 10.2. The SMILES string of the molecule is CCCOCCCCc1ccc(OCCOC)c2ccccc12. The van der Waals surface area contributed by atoms with Crippen LogP contribution in [-0.4, -0.2) is 33.5 Å². The minimum Gasteiger partial charge on any atom is -0.491 e. The molecule has 3 nitrogen and oxygen atoms in total. The van der Waals surface area contributed by atoms with Gasteiger partial charge in [0.2, 0.25) is 0 Å². The number of rotatable bonds is 11. The molecule has 0 radical (unpaired) electrons. The molecule has 0 saturated carbocycles. The van der Waals surface area contributed by atoms with Crippen LogP contribution in [-0.2, 0) is 15.9 Å². The summed E-state index contributed by atoms with van der Waals surface area (Å²) < 4.78 is 16.4. The van der Waals surface area contributed by atoms with Crippen LogP contribution in [0.3, 0.4) is 0 Å². The largest absolute Gasteiger partial charge is 0.491 e. The van der Waals surface area contributed by atoms with Crippen LogP contribution in [0.25, 0.3) is 10.8 Å². The molecule has 23 heavy (non-hydrogen) atoms. The Bertz CT molecular complexity index is 580. The molecule has 0 aliphatic carbocycles. The molecule has 0 aliphatic heterocycles. The lowest BCUT2D eigenvalue weighted by atomic mass is 9.99. The van der Waals surface area contributed by atoms with Crippen LogP contribution in [0.15, 0.2) is 36.4 Å². The third-order valence-corrected chi connectivity index (χ3v) is 3.85. The summed E-state index contributed by atoms with van der Waals surface area (Å²) in [6.45, 7) is 5.06. The number of fused-ring (bicyclic) bond motifs is 1. The van der Waals surface area contributed by atoms with Gasteiger partial charge >= 0.3 is 0 Å². The Morgan fingerprint density at radius 2 is 1.65 bits per heavy atom. The summed E-state index contributed by atoms with van der Waals surface area (Å²) in [6.07, 6.45) is 4.43. The van der Waals surface area contributed by atoms with E-state index in [1.165, 1.54) is 16.3 Å². The van der Waals surface area contributed by atoms with Crippen molar-refractivity contribution in [2.45, 2.75) is 32.6 Å². The van der Waals surface area contributed by atoms with Crippen LogP contribution < -0.4 is 4.74 Å². The van der Waals surface area contributed by atoms with E-state index in [4.69, 9.17) is 14.2 Å². The molecule has 2 aromatic rings. The van der Waals surface area contributed by atoms with Crippen molar-refractivity contribution in [2.75, 3.05) is 33.5 Å². The predicted molar refractivity (Wildman–Crippen MR) is 95.4 cm³/mol. The zero-order valence-electron chi connectivity index (χ0n) is 14.3. The third-order valence-electron chi connectivity index (χ3n) is 3.85. The van der Waals surface area contributed by atoms with Crippen LogP contribution in [0.1, 0.15) is 31.7 Å². The highest BCUT2D eigenvalue weighted by Crippen LogP contribution is 2.29. The quantitative estimate of drug-likeness (QED) is 0.566. The zero-order valence-corrected chi connectivity index (χ0v) is 14.3. The van der Waals surface area contributed by atoms with Crippen molar-refractivity contribution in [3.05, 3.63) is 42.0 Å². The number of hydrogen-bond acceptors (Lipinski definition) is 3. The lowest BCUT2D eigenvalue weighted by Gasteiger charge is -2.12. The van der Waals surface area contributed by atoms with Crippen LogP contribution in [0.2, 0.25) is 0 Å². The van der Waals surface area contributed by atoms with E-state index in [9.17, 15) is 0 Å². The summed E-state index contributed by atoms with van der Waals surface area (Å²) >= 11 is 0. The Balaban J connectivity index is 1.99. The van der Waals surface area contributed by atoms with E-state index in [-0.39, 0.29) is 0 Å². The van der Waals surface area contributed by atoms with Crippen molar-refractivity contribution in [1.82, 2.24) is 0 Å². The number of benzene rings is 2. The molecule has 0 fully saturated rings. The van der Waals surface area contributed by atoms with E-state index < -0.39 is 0 Å². The van der Waals surface area contributed by atoms with Crippen LogP contribution >= 0.6 is 0 Å². The van der Waals surface area contributed by atoms with Crippen molar-refractivity contribution in [1.29, 1.82) is 0 Å².